The van der Waals surface area contributed by atoms with Crippen molar-refractivity contribution < 1.29 is 23.8 Å². The van der Waals surface area contributed by atoms with Crippen LogP contribution in [-0.2, 0) is 9.53 Å². The summed E-state index contributed by atoms with van der Waals surface area (Å²) in [5.74, 6) is -0.259. The lowest BCUT2D eigenvalue weighted by Crippen LogP contribution is -2.46. The van der Waals surface area contributed by atoms with Crippen LogP contribution in [0.3, 0.4) is 0 Å². The molecule has 6 heteroatoms. The number of carbonyl (C=O) groups excluding carboxylic acids is 1. The molecule has 1 amide bonds. The molecule has 0 aliphatic carbocycles. The molecule has 126 valence electrons. The van der Waals surface area contributed by atoms with Crippen LogP contribution in [-0.4, -0.2) is 48.2 Å². The Labute approximate surface area is 139 Å². The first-order valence-electron chi connectivity index (χ1n) is 8.10. The highest BCUT2D eigenvalue weighted by Crippen LogP contribution is 2.42. The van der Waals surface area contributed by atoms with Crippen LogP contribution in [0.1, 0.15) is 22.5 Å². The van der Waals surface area contributed by atoms with E-state index in [0.717, 1.165) is 16.7 Å². The van der Waals surface area contributed by atoms with E-state index in [9.17, 15) is 14.7 Å². The number of carbonyl (C=O) groups is 2. The summed E-state index contributed by atoms with van der Waals surface area (Å²) in [4.78, 5) is 26.3. The van der Waals surface area contributed by atoms with E-state index in [0.29, 0.717) is 25.1 Å². The Kier molecular flexibility index (Phi) is 3.38. The summed E-state index contributed by atoms with van der Waals surface area (Å²) in [7, 11) is 0. The summed E-state index contributed by atoms with van der Waals surface area (Å²) < 4.78 is 10.9. The monoisotopic (exact) mass is 329 g/mol. The Morgan fingerprint density at radius 2 is 2.17 bits per heavy atom. The van der Waals surface area contributed by atoms with Gasteiger partial charge in [0.25, 0.3) is 5.91 Å². The predicted molar refractivity (Wildman–Crippen MR) is 85.8 cm³/mol. The molecule has 2 aromatic rings. The lowest BCUT2D eigenvalue weighted by atomic mass is 9.76. The third-order valence-corrected chi connectivity index (χ3v) is 5.27. The van der Waals surface area contributed by atoms with E-state index in [4.69, 9.17) is 9.15 Å². The lowest BCUT2D eigenvalue weighted by Gasteiger charge is -2.33. The molecule has 3 heterocycles. The molecule has 1 aromatic carbocycles. The summed E-state index contributed by atoms with van der Waals surface area (Å²) in [6, 6.07) is 7.22. The molecule has 0 saturated carbocycles. The van der Waals surface area contributed by atoms with Gasteiger partial charge in [-0.25, -0.2) is 0 Å². The minimum Gasteiger partial charge on any atom is -0.481 e. The number of aryl methyl sites for hydroxylation is 1. The van der Waals surface area contributed by atoms with Gasteiger partial charge in [-0.05, 0) is 43.5 Å². The van der Waals surface area contributed by atoms with E-state index in [1.54, 1.807) is 23.1 Å². The fraction of sp³-hybridized carbons (Fsp3) is 0.444. The second-order valence-electron chi connectivity index (χ2n) is 6.79. The lowest BCUT2D eigenvalue weighted by molar-refractivity contribution is -0.159. The Morgan fingerprint density at radius 1 is 1.33 bits per heavy atom. The van der Waals surface area contributed by atoms with Crippen LogP contribution in [0.5, 0.6) is 0 Å². The van der Waals surface area contributed by atoms with Crippen molar-refractivity contribution in [1.82, 2.24) is 4.90 Å². The van der Waals surface area contributed by atoms with Gasteiger partial charge >= 0.3 is 5.97 Å². The highest BCUT2D eigenvalue weighted by Gasteiger charge is 2.55. The third kappa shape index (κ3) is 2.21. The van der Waals surface area contributed by atoms with Crippen LogP contribution in [0.15, 0.2) is 28.7 Å². The molecule has 2 aliphatic rings. The number of carboxylic acid groups (broad SMARTS) is 1. The number of ether oxygens (including phenoxy) is 1. The number of rotatable bonds is 2. The van der Waals surface area contributed by atoms with Gasteiger partial charge in [0.2, 0.25) is 0 Å². The fourth-order valence-electron chi connectivity index (χ4n) is 3.94. The van der Waals surface area contributed by atoms with Crippen LogP contribution in [0.25, 0.3) is 11.0 Å². The first-order valence-corrected chi connectivity index (χ1v) is 8.10. The Balaban J connectivity index is 1.63. The summed E-state index contributed by atoms with van der Waals surface area (Å²) in [6.45, 7) is 3.27. The average Bonchev–Trinajstić information content (AvgIpc) is 3.13. The summed E-state index contributed by atoms with van der Waals surface area (Å²) in [5, 5.41) is 10.6. The Morgan fingerprint density at radius 3 is 2.92 bits per heavy atom. The molecule has 0 spiro atoms. The molecule has 1 aromatic heterocycles. The topological polar surface area (TPSA) is 80.0 Å². The third-order valence-electron chi connectivity index (χ3n) is 5.27. The maximum atomic E-state index is 12.9. The first-order chi connectivity index (χ1) is 11.5. The SMILES string of the molecule is Cc1cc2cc(C(=O)N3C[C@@H]4CCOC[C@]4(C(=O)O)C3)ccc2o1. The largest absolute Gasteiger partial charge is 0.481 e. The van der Waals surface area contributed by atoms with Crippen LogP contribution in [0.2, 0.25) is 0 Å². The normalized spacial score (nSPS) is 26.5. The molecule has 2 atom stereocenters. The summed E-state index contributed by atoms with van der Waals surface area (Å²) >= 11 is 0. The second kappa shape index (κ2) is 5.34. The van der Waals surface area contributed by atoms with Crippen molar-refractivity contribution in [2.75, 3.05) is 26.3 Å². The number of benzene rings is 1. The van der Waals surface area contributed by atoms with E-state index >= 15 is 0 Å². The highest BCUT2D eigenvalue weighted by molar-refractivity contribution is 5.98. The van der Waals surface area contributed by atoms with Crippen LogP contribution in [0, 0.1) is 18.3 Å². The van der Waals surface area contributed by atoms with E-state index in [1.165, 1.54) is 0 Å². The zero-order valence-corrected chi connectivity index (χ0v) is 13.4. The smallest absolute Gasteiger partial charge is 0.314 e. The number of hydrogen-bond donors (Lipinski definition) is 1. The van der Waals surface area contributed by atoms with Crippen LogP contribution in [0.4, 0.5) is 0 Å². The van der Waals surface area contributed by atoms with Gasteiger partial charge in [0, 0.05) is 30.6 Å². The summed E-state index contributed by atoms with van der Waals surface area (Å²) in [5.41, 5.74) is 0.336. The van der Waals surface area contributed by atoms with Gasteiger partial charge in [0.1, 0.15) is 16.8 Å². The van der Waals surface area contributed by atoms with Crippen molar-refractivity contribution in [2.45, 2.75) is 13.3 Å². The van der Waals surface area contributed by atoms with Crippen molar-refractivity contribution in [2.24, 2.45) is 11.3 Å². The minimum atomic E-state index is -0.968. The molecule has 2 aliphatic heterocycles. The van der Waals surface area contributed by atoms with Crippen molar-refractivity contribution in [3.63, 3.8) is 0 Å². The van der Waals surface area contributed by atoms with Gasteiger partial charge in [-0.1, -0.05) is 0 Å². The van der Waals surface area contributed by atoms with Gasteiger partial charge in [-0.3, -0.25) is 9.59 Å². The molecule has 0 radical (unpaired) electrons. The molecular formula is C18H19NO5. The molecule has 2 saturated heterocycles. The van der Waals surface area contributed by atoms with Crippen molar-refractivity contribution in [1.29, 1.82) is 0 Å². The number of fused-ring (bicyclic) bond motifs is 2. The molecule has 2 fully saturated rings. The number of hydrogen-bond acceptors (Lipinski definition) is 4. The standard InChI is InChI=1S/C18H19NO5/c1-11-6-13-7-12(2-3-15(13)24-11)16(20)19-8-14-4-5-23-10-18(14,9-19)17(21)22/h2-3,6-7,14H,4-5,8-10H2,1H3,(H,21,22)/t14-,18+/m0/s1. The number of aliphatic carboxylic acids is 1. The van der Waals surface area contributed by atoms with E-state index in [-0.39, 0.29) is 25.0 Å². The Hall–Kier alpha value is -2.34. The van der Waals surface area contributed by atoms with E-state index < -0.39 is 11.4 Å². The molecule has 4 rings (SSSR count). The molecular weight excluding hydrogens is 310 g/mol. The zero-order chi connectivity index (χ0) is 16.9. The number of furan rings is 1. The first kappa shape index (κ1) is 15.2. The zero-order valence-electron chi connectivity index (χ0n) is 13.4. The highest BCUT2D eigenvalue weighted by atomic mass is 16.5. The Bertz CT molecular complexity index is 826. The maximum Gasteiger partial charge on any atom is 0.314 e. The minimum absolute atomic E-state index is 0.0485. The molecule has 0 bridgehead atoms. The van der Waals surface area contributed by atoms with Crippen molar-refractivity contribution in [3.05, 3.63) is 35.6 Å². The fourth-order valence-corrected chi connectivity index (χ4v) is 3.94. The average molecular weight is 329 g/mol. The molecule has 1 N–H and O–H groups in total. The van der Waals surface area contributed by atoms with Gasteiger partial charge in [-0.15, -0.1) is 0 Å². The summed E-state index contributed by atoms with van der Waals surface area (Å²) in [6.07, 6.45) is 0.677. The number of carboxylic acids is 1. The molecule has 24 heavy (non-hydrogen) atoms. The van der Waals surface area contributed by atoms with E-state index in [1.807, 2.05) is 13.0 Å². The predicted octanol–water partition coefficient (Wildman–Crippen LogP) is 2.30. The van der Waals surface area contributed by atoms with Gasteiger partial charge in [0.05, 0.1) is 6.61 Å². The number of amides is 1. The second-order valence-corrected chi connectivity index (χ2v) is 6.79. The number of nitrogens with zero attached hydrogens (tertiary/aromatic N) is 1. The van der Waals surface area contributed by atoms with Gasteiger partial charge in [-0.2, -0.15) is 0 Å². The molecule has 6 nitrogen and oxygen atoms in total. The van der Waals surface area contributed by atoms with Crippen molar-refractivity contribution >= 4 is 22.8 Å². The van der Waals surface area contributed by atoms with Gasteiger partial charge < -0.3 is 19.2 Å². The molecule has 0 unspecified atom stereocenters. The van der Waals surface area contributed by atoms with E-state index in [2.05, 4.69) is 0 Å². The van der Waals surface area contributed by atoms with Crippen molar-refractivity contribution in [3.8, 4) is 0 Å². The number of likely N-dealkylation sites (tertiary alicyclic amines) is 1. The van der Waals surface area contributed by atoms with Crippen LogP contribution < -0.4 is 0 Å². The quantitative estimate of drug-likeness (QED) is 0.914. The maximum absolute atomic E-state index is 12.9. The van der Waals surface area contributed by atoms with Crippen LogP contribution >= 0.6 is 0 Å². The van der Waals surface area contributed by atoms with Gasteiger partial charge in [0.15, 0.2) is 0 Å².